The van der Waals surface area contributed by atoms with Crippen LogP contribution in [-0.2, 0) is 20.7 Å². The van der Waals surface area contributed by atoms with Gasteiger partial charge in [-0.05, 0) is 71.6 Å². The van der Waals surface area contributed by atoms with Gasteiger partial charge in [0, 0.05) is 19.0 Å². The lowest BCUT2D eigenvalue weighted by molar-refractivity contribution is -0.144. The fourth-order valence-corrected chi connectivity index (χ4v) is 4.51. The zero-order valence-corrected chi connectivity index (χ0v) is 25.0. The van der Waals surface area contributed by atoms with Crippen molar-refractivity contribution in [3.05, 3.63) is 70.8 Å². The maximum atomic E-state index is 14.4. The number of carbonyl (C=O) groups is 3. The Morgan fingerprint density at radius 1 is 0.974 bits per heavy atom. The molecule has 7 heteroatoms. The van der Waals surface area contributed by atoms with Gasteiger partial charge in [0.15, 0.2) is 0 Å². The van der Waals surface area contributed by atoms with Gasteiger partial charge < -0.3 is 20.3 Å². The summed E-state index contributed by atoms with van der Waals surface area (Å²) in [5.74, 6) is -0.563. The predicted octanol–water partition coefficient (Wildman–Crippen LogP) is 6.02. The smallest absolute Gasteiger partial charge is 0.408 e. The van der Waals surface area contributed by atoms with E-state index in [1.807, 2.05) is 76.2 Å². The molecule has 214 valence electrons. The first-order valence-electron chi connectivity index (χ1n) is 14.0. The maximum Gasteiger partial charge on any atom is 0.408 e. The lowest BCUT2D eigenvalue weighted by Crippen LogP contribution is -2.55. The van der Waals surface area contributed by atoms with E-state index in [0.29, 0.717) is 6.54 Å². The van der Waals surface area contributed by atoms with Gasteiger partial charge in [-0.3, -0.25) is 9.59 Å². The summed E-state index contributed by atoms with van der Waals surface area (Å²) in [4.78, 5) is 42.6. The van der Waals surface area contributed by atoms with Crippen molar-refractivity contribution >= 4 is 17.9 Å². The molecule has 0 saturated heterocycles. The highest BCUT2D eigenvalue weighted by Gasteiger charge is 2.38. The van der Waals surface area contributed by atoms with Crippen LogP contribution in [-0.4, -0.2) is 47.0 Å². The first-order chi connectivity index (χ1) is 18.3. The highest BCUT2D eigenvalue weighted by Crippen LogP contribution is 2.29. The average Bonchev–Trinajstić information content (AvgIpc) is 2.85. The van der Waals surface area contributed by atoms with Crippen LogP contribution in [0, 0.1) is 13.8 Å². The average molecular weight is 538 g/mol. The Balaban J connectivity index is 2.53. The third-order valence-corrected chi connectivity index (χ3v) is 6.42. The summed E-state index contributed by atoms with van der Waals surface area (Å²) in [6.07, 6.45) is 2.52. The molecule has 2 aromatic rings. The number of hydrogen-bond donors (Lipinski definition) is 2. The van der Waals surface area contributed by atoms with Gasteiger partial charge in [-0.15, -0.1) is 0 Å². The Bertz CT molecular complexity index is 1090. The molecule has 2 aromatic carbocycles. The molecular weight excluding hydrogens is 490 g/mol. The van der Waals surface area contributed by atoms with Crippen LogP contribution in [0.15, 0.2) is 48.5 Å². The van der Waals surface area contributed by atoms with Crippen LogP contribution in [0.5, 0.6) is 0 Å². The van der Waals surface area contributed by atoms with E-state index >= 15 is 0 Å². The summed E-state index contributed by atoms with van der Waals surface area (Å²) in [7, 11) is 0. The number of amides is 3. The van der Waals surface area contributed by atoms with Crippen molar-refractivity contribution < 1.29 is 19.1 Å². The van der Waals surface area contributed by atoms with Crippen molar-refractivity contribution in [2.75, 3.05) is 6.54 Å². The molecule has 0 spiro atoms. The molecule has 3 amide bonds. The van der Waals surface area contributed by atoms with Crippen molar-refractivity contribution in [2.24, 2.45) is 0 Å². The van der Waals surface area contributed by atoms with Gasteiger partial charge in [0.05, 0.1) is 0 Å². The summed E-state index contributed by atoms with van der Waals surface area (Å²) in [6, 6.07) is 13.4. The number of nitrogens with zero attached hydrogens (tertiary/aromatic N) is 1. The maximum absolute atomic E-state index is 14.4. The molecule has 0 aliphatic heterocycles. The van der Waals surface area contributed by atoms with Gasteiger partial charge in [0.1, 0.15) is 17.7 Å². The lowest BCUT2D eigenvalue weighted by Gasteiger charge is -2.38. The number of rotatable bonds is 12. The third-order valence-electron chi connectivity index (χ3n) is 6.42. The Hall–Kier alpha value is -3.35. The molecule has 0 aliphatic rings. The standard InChI is InChI=1S/C32H47N3O4/c1-9-10-14-19-33-29(36)28(26-20-23(4)17-18-24(26)5)35(22(2)3)30(37)27(21-25-15-12-11-13-16-25)34-31(38)39-32(6,7)8/h11-13,15-18,20,22,27-28H,9-10,14,19,21H2,1-8H3,(H,33,36)(H,34,38). The molecule has 0 aromatic heterocycles. The Kier molecular flexibility index (Phi) is 12.0. The number of aryl methyl sites for hydroxylation is 2. The van der Waals surface area contributed by atoms with Crippen molar-refractivity contribution in [2.45, 2.75) is 105 Å². The molecule has 0 fully saturated rings. The minimum atomic E-state index is -0.926. The van der Waals surface area contributed by atoms with E-state index in [1.165, 1.54) is 0 Å². The molecule has 39 heavy (non-hydrogen) atoms. The van der Waals surface area contributed by atoms with E-state index in [2.05, 4.69) is 17.6 Å². The van der Waals surface area contributed by atoms with Crippen molar-refractivity contribution in [3.8, 4) is 0 Å². The van der Waals surface area contributed by atoms with E-state index in [-0.39, 0.29) is 24.3 Å². The molecule has 0 radical (unpaired) electrons. The highest BCUT2D eigenvalue weighted by molar-refractivity contribution is 5.92. The van der Waals surface area contributed by atoms with E-state index in [4.69, 9.17) is 4.74 Å². The van der Waals surface area contributed by atoms with Gasteiger partial charge in [0.25, 0.3) is 0 Å². The van der Waals surface area contributed by atoms with Gasteiger partial charge in [-0.25, -0.2) is 4.79 Å². The number of hydrogen-bond acceptors (Lipinski definition) is 4. The summed E-state index contributed by atoms with van der Waals surface area (Å²) in [6.45, 7) is 15.7. The van der Waals surface area contributed by atoms with Gasteiger partial charge in [-0.1, -0.05) is 73.9 Å². The van der Waals surface area contributed by atoms with Gasteiger partial charge in [0.2, 0.25) is 11.8 Å². The molecule has 2 rings (SSSR count). The number of nitrogens with one attached hydrogen (secondary N) is 2. The summed E-state index contributed by atoms with van der Waals surface area (Å²) in [5, 5.41) is 5.87. The largest absolute Gasteiger partial charge is 0.444 e. The number of carbonyl (C=O) groups excluding carboxylic acids is 3. The molecule has 0 aliphatic carbocycles. The lowest BCUT2D eigenvalue weighted by atomic mass is 9.94. The van der Waals surface area contributed by atoms with Crippen LogP contribution in [0.2, 0.25) is 0 Å². The van der Waals surface area contributed by atoms with Gasteiger partial charge >= 0.3 is 6.09 Å². The monoisotopic (exact) mass is 537 g/mol. The number of unbranched alkanes of at least 4 members (excludes halogenated alkanes) is 2. The molecular formula is C32H47N3O4. The zero-order chi connectivity index (χ0) is 29.2. The molecule has 2 unspecified atom stereocenters. The minimum Gasteiger partial charge on any atom is -0.444 e. The van der Waals surface area contributed by atoms with E-state index in [9.17, 15) is 14.4 Å². The second kappa shape index (κ2) is 14.7. The third kappa shape index (κ3) is 10.0. The predicted molar refractivity (Wildman–Crippen MR) is 156 cm³/mol. The Labute approximate surface area is 234 Å². The first kappa shape index (κ1) is 31.9. The van der Waals surface area contributed by atoms with Crippen LogP contribution in [0.1, 0.15) is 89.1 Å². The fourth-order valence-electron chi connectivity index (χ4n) is 4.51. The summed E-state index contributed by atoms with van der Waals surface area (Å²) in [5.41, 5.74) is 2.88. The highest BCUT2D eigenvalue weighted by atomic mass is 16.6. The van der Waals surface area contributed by atoms with Crippen molar-refractivity contribution in [3.63, 3.8) is 0 Å². The Morgan fingerprint density at radius 3 is 2.23 bits per heavy atom. The number of benzene rings is 2. The van der Waals surface area contributed by atoms with E-state index < -0.39 is 23.8 Å². The van der Waals surface area contributed by atoms with Crippen LogP contribution in [0.25, 0.3) is 0 Å². The molecule has 0 bridgehead atoms. The van der Waals surface area contributed by atoms with Crippen LogP contribution >= 0.6 is 0 Å². The fraction of sp³-hybridized carbons (Fsp3) is 0.531. The molecule has 7 nitrogen and oxygen atoms in total. The topological polar surface area (TPSA) is 87.7 Å². The zero-order valence-electron chi connectivity index (χ0n) is 25.0. The van der Waals surface area contributed by atoms with Crippen LogP contribution < -0.4 is 10.6 Å². The summed E-state index contributed by atoms with van der Waals surface area (Å²) >= 11 is 0. The Morgan fingerprint density at radius 2 is 1.64 bits per heavy atom. The second-order valence-corrected chi connectivity index (χ2v) is 11.5. The molecule has 0 heterocycles. The minimum absolute atomic E-state index is 0.224. The molecule has 2 atom stereocenters. The SMILES string of the molecule is CCCCCNC(=O)C(c1cc(C)ccc1C)N(C(=O)C(Cc1ccccc1)NC(=O)OC(C)(C)C)C(C)C. The van der Waals surface area contributed by atoms with E-state index in [0.717, 1.165) is 41.5 Å². The van der Waals surface area contributed by atoms with E-state index in [1.54, 1.807) is 25.7 Å². The molecule has 0 saturated carbocycles. The van der Waals surface area contributed by atoms with Crippen molar-refractivity contribution in [1.82, 2.24) is 15.5 Å². The number of ether oxygens (including phenoxy) is 1. The van der Waals surface area contributed by atoms with Crippen LogP contribution in [0.3, 0.4) is 0 Å². The summed E-state index contributed by atoms with van der Waals surface area (Å²) < 4.78 is 5.50. The number of alkyl carbamates (subject to hydrolysis) is 1. The molecule has 2 N–H and O–H groups in total. The first-order valence-corrected chi connectivity index (χ1v) is 14.0. The quantitative estimate of drug-likeness (QED) is 0.324. The van der Waals surface area contributed by atoms with Crippen molar-refractivity contribution in [1.29, 1.82) is 0 Å². The van der Waals surface area contributed by atoms with Gasteiger partial charge in [-0.2, -0.15) is 0 Å². The van der Waals surface area contributed by atoms with Crippen LogP contribution in [0.4, 0.5) is 4.79 Å². The second-order valence-electron chi connectivity index (χ2n) is 11.5. The normalized spacial score (nSPS) is 12.9.